The fraction of sp³-hybridized carbons (Fsp3) is 0.923. The van der Waals surface area contributed by atoms with E-state index in [4.69, 9.17) is 15.9 Å². The van der Waals surface area contributed by atoms with E-state index in [1.807, 2.05) is 0 Å². The third kappa shape index (κ3) is 3.96. The molecule has 1 aliphatic carbocycles. The second kappa shape index (κ2) is 4.94. The number of ether oxygens (including phenoxy) is 1. The van der Waals surface area contributed by atoms with Crippen LogP contribution in [0, 0.1) is 5.41 Å². The lowest BCUT2D eigenvalue weighted by Crippen LogP contribution is -2.37. The molecule has 1 aliphatic heterocycles. The first-order valence-corrected chi connectivity index (χ1v) is 6.71. The van der Waals surface area contributed by atoms with Gasteiger partial charge < -0.3 is 10.5 Å². The minimum absolute atomic E-state index is 0.0560. The third-order valence-corrected chi connectivity index (χ3v) is 3.72. The molecule has 0 radical (unpaired) electrons. The summed E-state index contributed by atoms with van der Waals surface area (Å²) in [5, 5.41) is 7.32. The van der Waals surface area contributed by atoms with E-state index in [0.29, 0.717) is 18.4 Å². The topological polar surface area (TPSA) is 62.3 Å². The molecular formula is C13H25N3O. The lowest BCUT2D eigenvalue weighted by molar-refractivity contribution is -0.0294. The number of nitrogens with one attached hydrogen (secondary N) is 1. The number of nitrogens with two attached hydrogens (primary N) is 1. The molecule has 1 saturated carbocycles. The number of hydrogen-bond acceptors (Lipinski definition) is 3. The maximum absolute atomic E-state index is 7.32. The normalized spacial score (nSPS) is 27.6. The highest BCUT2D eigenvalue weighted by Crippen LogP contribution is 2.33. The van der Waals surface area contributed by atoms with Crippen molar-refractivity contribution in [2.24, 2.45) is 5.73 Å². The van der Waals surface area contributed by atoms with Crippen molar-refractivity contribution in [3.63, 3.8) is 0 Å². The van der Waals surface area contributed by atoms with Gasteiger partial charge in [0, 0.05) is 25.6 Å². The molecule has 0 amide bonds. The van der Waals surface area contributed by atoms with Crippen molar-refractivity contribution < 1.29 is 4.74 Å². The molecule has 4 heteroatoms. The van der Waals surface area contributed by atoms with E-state index in [1.54, 1.807) is 0 Å². The van der Waals surface area contributed by atoms with E-state index in [-0.39, 0.29) is 5.60 Å². The smallest absolute Gasteiger partial charge is 0.0918 e. The highest BCUT2D eigenvalue weighted by Gasteiger charge is 2.36. The zero-order chi connectivity index (χ0) is 12.5. The van der Waals surface area contributed by atoms with Crippen molar-refractivity contribution in [2.75, 3.05) is 13.1 Å². The monoisotopic (exact) mass is 239 g/mol. The minimum Gasteiger partial charge on any atom is -0.388 e. The van der Waals surface area contributed by atoms with Crippen LogP contribution in [0.1, 0.15) is 46.0 Å². The quantitative estimate of drug-likeness (QED) is 0.548. The van der Waals surface area contributed by atoms with Gasteiger partial charge in [-0.05, 0) is 39.5 Å². The molecule has 1 saturated heterocycles. The summed E-state index contributed by atoms with van der Waals surface area (Å²) in [6, 6.07) is 0.724. The first-order valence-electron chi connectivity index (χ1n) is 6.71. The number of nitrogens with zero attached hydrogens (tertiary/aromatic N) is 1. The van der Waals surface area contributed by atoms with Crippen LogP contribution in [0.4, 0.5) is 0 Å². The van der Waals surface area contributed by atoms with Crippen LogP contribution in [0.3, 0.4) is 0 Å². The van der Waals surface area contributed by atoms with Gasteiger partial charge in [0.25, 0.3) is 0 Å². The Bertz CT molecular complexity index is 286. The average Bonchev–Trinajstić information content (AvgIpc) is 2.99. The standard InChI is InChI=1S/C13H25N3O/c1-13(2)7-5-11(17-13)9-16(10-3-4-10)8-6-12(14)15/h10-11H,3-9H2,1-2H3,(H3,14,15). The van der Waals surface area contributed by atoms with Gasteiger partial charge in [0.05, 0.1) is 17.5 Å². The Morgan fingerprint density at radius 3 is 2.59 bits per heavy atom. The van der Waals surface area contributed by atoms with Gasteiger partial charge in [-0.1, -0.05) is 0 Å². The molecule has 98 valence electrons. The van der Waals surface area contributed by atoms with Gasteiger partial charge >= 0.3 is 0 Å². The maximum atomic E-state index is 7.32. The SMILES string of the molecule is CC1(C)CCC(CN(CCC(=N)N)C2CC2)O1. The van der Waals surface area contributed by atoms with E-state index in [1.165, 1.54) is 12.8 Å². The summed E-state index contributed by atoms with van der Waals surface area (Å²) in [5.74, 6) is 0.295. The van der Waals surface area contributed by atoms with E-state index in [2.05, 4.69) is 18.7 Å². The van der Waals surface area contributed by atoms with Crippen LogP contribution in [0.25, 0.3) is 0 Å². The summed E-state index contributed by atoms with van der Waals surface area (Å²) in [7, 11) is 0. The van der Waals surface area contributed by atoms with E-state index >= 15 is 0 Å². The van der Waals surface area contributed by atoms with E-state index in [0.717, 1.165) is 32.0 Å². The molecule has 1 unspecified atom stereocenters. The van der Waals surface area contributed by atoms with Crippen molar-refractivity contribution in [3.8, 4) is 0 Å². The zero-order valence-corrected chi connectivity index (χ0v) is 11.0. The molecule has 1 atom stereocenters. The molecule has 1 heterocycles. The molecule has 4 nitrogen and oxygen atoms in total. The molecule has 0 spiro atoms. The second-order valence-electron chi connectivity index (χ2n) is 6.04. The lowest BCUT2D eigenvalue weighted by Gasteiger charge is -2.26. The van der Waals surface area contributed by atoms with Crippen LogP contribution in [0.5, 0.6) is 0 Å². The highest BCUT2D eigenvalue weighted by molar-refractivity contribution is 5.76. The summed E-state index contributed by atoms with van der Waals surface area (Å²) in [5.41, 5.74) is 5.49. The van der Waals surface area contributed by atoms with Crippen LogP contribution >= 0.6 is 0 Å². The van der Waals surface area contributed by atoms with Gasteiger partial charge in [0.1, 0.15) is 0 Å². The van der Waals surface area contributed by atoms with Crippen molar-refractivity contribution in [3.05, 3.63) is 0 Å². The van der Waals surface area contributed by atoms with Crippen LogP contribution < -0.4 is 5.73 Å². The predicted octanol–water partition coefficient (Wildman–Crippen LogP) is 1.73. The molecule has 2 rings (SSSR count). The molecule has 0 aromatic heterocycles. The number of rotatable bonds is 6. The molecule has 3 N–H and O–H groups in total. The zero-order valence-electron chi connectivity index (χ0n) is 11.0. The Morgan fingerprint density at radius 2 is 2.12 bits per heavy atom. The second-order valence-corrected chi connectivity index (χ2v) is 6.04. The van der Waals surface area contributed by atoms with Crippen molar-refractivity contribution >= 4 is 5.84 Å². The Hall–Kier alpha value is -0.610. The fourth-order valence-electron chi connectivity index (χ4n) is 2.59. The maximum Gasteiger partial charge on any atom is 0.0918 e. The summed E-state index contributed by atoms with van der Waals surface area (Å²) in [4.78, 5) is 2.47. The minimum atomic E-state index is 0.0560. The molecule has 2 aliphatic rings. The average molecular weight is 239 g/mol. The van der Waals surface area contributed by atoms with Gasteiger partial charge in [-0.25, -0.2) is 0 Å². The summed E-state index contributed by atoms with van der Waals surface area (Å²) >= 11 is 0. The van der Waals surface area contributed by atoms with Gasteiger partial charge in [-0.15, -0.1) is 0 Å². The highest BCUT2D eigenvalue weighted by atomic mass is 16.5. The van der Waals surface area contributed by atoms with Crippen LogP contribution in [-0.2, 0) is 4.74 Å². The molecule has 0 aromatic rings. The van der Waals surface area contributed by atoms with Crippen LogP contribution in [-0.4, -0.2) is 41.6 Å². The van der Waals surface area contributed by atoms with E-state index in [9.17, 15) is 0 Å². The predicted molar refractivity (Wildman–Crippen MR) is 69.3 cm³/mol. The largest absolute Gasteiger partial charge is 0.388 e. The Balaban J connectivity index is 1.79. The fourth-order valence-corrected chi connectivity index (χ4v) is 2.59. The summed E-state index contributed by atoms with van der Waals surface area (Å²) in [6.07, 6.45) is 5.98. The Labute approximate surface area is 104 Å². The molecule has 17 heavy (non-hydrogen) atoms. The molecule has 2 fully saturated rings. The first kappa shape index (κ1) is 12.8. The number of hydrogen-bond donors (Lipinski definition) is 2. The first-order chi connectivity index (χ1) is 7.96. The van der Waals surface area contributed by atoms with Gasteiger partial charge in [0.2, 0.25) is 0 Å². The summed E-state index contributed by atoms with van der Waals surface area (Å²) < 4.78 is 6.04. The molecular weight excluding hydrogens is 214 g/mol. The van der Waals surface area contributed by atoms with Gasteiger partial charge in [-0.3, -0.25) is 10.3 Å². The number of amidine groups is 1. The van der Waals surface area contributed by atoms with Gasteiger partial charge in [0.15, 0.2) is 0 Å². The Morgan fingerprint density at radius 1 is 1.41 bits per heavy atom. The third-order valence-electron chi connectivity index (χ3n) is 3.72. The van der Waals surface area contributed by atoms with Gasteiger partial charge in [-0.2, -0.15) is 0 Å². The van der Waals surface area contributed by atoms with Crippen molar-refractivity contribution in [2.45, 2.75) is 63.7 Å². The lowest BCUT2D eigenvalue weighted by atomic mass is 10.1. The van der Waals surface area contributed by atoms with Crippen LogP contribution in [0.15, 0.2) is 0 Å². The van der Waals surface area contributed by atoms with E-state index < -0.39 is 0 Å². The van der Waals surface area contributed by atoms with Crippen molar-refractivity contribution in [1.29, 1.82) is 5.41 Å². The Kier molecular flexibility index (Phi) is 3.73. The molecule has 0 bridgehead atoms. The van der Waals surface area contributed by atoms with Crippen LogP contribution in [0.2, 0.25) is 0 Å². The van der Waals surface area contributed by atoms with Crippen molar-refractivity contribution in [1.82, 2.24) is 4.90 Å². The molecule has 0 aromatic carbocycles. The summed E-state index contributed by atoms with van der Waals surface area (Å²) in [6.45, 7) is 6.27.